The van der Waals surface area contributed by atoms with Crippen molar-refractivity contribution in [3.63, 3.8) is 0 Å². The first-order valence-corrected chi connectivity index (χ1v) is 8.53. The van der Waals surface area contributed by atoms with Gasteiger partial charge in [0.15, 0.2) is 0 Å². The predicted octanol–water partition coefficient (Wildman–Crippen LogP) is 3.16. The molecule has 0 radical (unpaired) electrons. The first-order chi connectivity index (χ1) is 7.61. The lowest BCUT2D eigenvalue weighted by Crippen LogP contribution is -2.14. The van der Waals surface area contributed by atoms with Crippen LogP contribution >= 0.6 is 0 Å². The van der Waals surface area contributed by atoms with Crippen LogP contribution in [-0.4, -0.2) is 21.0 Å². The van der Waals surface area contributed by atoms with E-state index in [1.165, 1.54) is 12.8 Å². The third-order valence-electron chi connectivity index (χ3n) is 2.81. The fourth-order valence-corrected chi connectivity index (χ4v) is 3.28. The van der Waals surface area contributed by atoms with Crippen LogP contribution in [0.2, 0.25) is 0 Å². The smallest absolute Gasteiger partial charge is 0.259 e. The third kappa shape index (κ3) is 8.34. The van der Waals surface area contributed by atoms with Crippen molar-refractivity contribution < 1.29 is 8.42 Å². The fourth-order valence-electron chi connectivity index (χ4n) is 1.60. The highest BCUT2D eigenvalue weighted by atomic mass is 32.2. The average Bonchev–Trinajstić information content (AvgIpc) is 2.26. The lowest BCUT2D eigenvalue weighted by molar-refractivity contribution is 0.563. The minimum absolute atomic E-state index is 0.337. The first-order valence-electron chi connectivity index (χ1n) is 6.23. The summed E-state index contributed by atoms with van der Waals surface area (Å²) in [7, 11) is -0.672. The number of hydrogen-bond acceptors (Lipinski definition) is 2. The van der Waals surface area contributed by atoms with E-state index in [0.717, 1.165) is 25.0 Å². The van der Waals surface area contributed by atoms with Gasteiger partial charge in [-0.05, 0) is 19.3 Å². The molecule has 0 heterocycles. The monoisotopic (exact) mass is 265 g/mol. The standard InChI is InChI=1S/C12H25O2S2/c1-4-5-8-12(3)16(14)9-6-7-11(2)10-15-13/h11-12H,4-10H2,1-3H3/q+1. The summed E-state index contributed by atoms with van der Waals surface area (Å²) in [5.74, 6) is 1.95. The van der Waals surface area contributed by atoms with E-state index < -0.39 is 10.8 Å². The van der Waals surface area contributed by atoms with Crippen LogP contribution in [0.5, 0.6) is 0 Å². The molecule has 16 heavy (non-hydrogen) atoms. The molecular weight excluding hydrogens is 240 g/mol. The van der Waals surface area contributed by atoms with Crippen molar-refractivity contribution in [2.45, 2.75) is 58.1 Å². The molecule has 0 spiro atoms. The molecule has 3 atom stereocenters. The second-order valence-electron chi connectivity index (χ2n) is 4.57. The van der Waals surface area contributed by atoms with E-state index in [4.69, 9.17) is 0 Å². The van der Waals surface area contributed by atoms with E-state index in [9.17, 15) is 8.42 Å². The molecular formula is C12H25O2S2+. The molecule has 4 heteroatoms. The molecule has 0 N–H and O–H groups in total. The van der Waals surface area contributed by atoms with Gasteiger partial charge >= 0.3 is 11.7 Å². The quantitative estimate of drug-likeness (QED) is 0.569. The van der Waals surface area contributed by atoms with Crippen LogP contribution in [0, 0.1) is 5.92 Å². The number of rotatable bonds is 10. The Morgan fingerprint density at radius 1 is 1.19 bits per heavy atom. The zero-order valence-electron chi connectivity index (χ0n) is 10.7. The summed E-state index contributed by atoms with van der Waals surface area (Å²) in [6.07, 6.45) is 5.46. The van der Waals surface area contributed by atoms with Gasteiger partial charge in [0, 0.05) is 31.9 Å². The van der Waals surface area contributed by atoms with Crippen molar-refractivity contribution in [3.8, 4) is 0 Å². The van der Waals surface area contributed by atoms with Crippen LogP contribution in [0.3, 0.4) is 0 Å². The van der Waals surface area contributed by atoms with Crippen LogP contribution in [-0.2, 0) is 26.7 Å². The second kappa shape index (κ2) is 10.3. The van der Waals surface area contributed by atoms with E-state index in [1.54, 1.807) is 0 Å². The summed E-state index contributed by atoms with van der Waals surface area (Å²) in [6, 6.07) is 0. The predicted molar refractivity (Wildman–Crippen MR) is 73.3 cm³/mol. The Balaban J connectivity index is 3.59. The Labute approximate surface area is 107 Å². The molecule has 2 nitrogen and oxygen atoms in total. The van der Waals surface area contributed by atoms with Gasteiger partial charge in [-0.1, -0.05) is 33.6 Å². The highest BCUT2D eigenvalue weighted by molar-refractivity contribution is 7.85. The zero-order chi connectivity index (χ0) is 12.4. The van der Waals surface area contributed by atoms with Gasteiger partial charge in [-0.25, -0.2) is 0 Å². The lowest BCUT2D eigenvalue weighted by Gasteiger charge is -2.11. The molecule has 3 unspecified atom stereocenters. The van der Waals surface area contributed by atoms with Gasteiger partial charge in [-0.2, -0.15) is 0 Å². The SMILES string of the molecule is CCCCC(C)S(=O)CCCC(C)C[S+]=O. The average molecular weight is 265 g/mol. The minimum atomic E-state index is -0.672. The molecule has 0 aromatic rings. The highest BCUT2D eigenvalue weighted by Gasteiger charge is 2.13. The number of hydrogen-bond donors (Lipinski definition) is 0. The van der Waals surface area contributed by atoms with Gasteiger partial charge in [0.05, 0.1) is 0 Å². The molecule has 0 aromatic heterocycles. The molecule has 0 aliphatic carbocycles. The molecule has 0 rings (SSSR count). The normalized spacial score (nSPS) is 16.7. The van der Waals surface area contributed by atoms with E-state index >= 15 is 0 Å². The maximum absolute atomic E-state index is 11.8. The van der Waals surface area contributed by atoms with Crippen LogP contribution in [0.4, 0.5) is 0 Å². The summed E-state index contributed by atoms with van der Waals surface area (Å²) in [6.45, 7) is 6.34. The van der Waals surface area contributed by atoms with Crippen molar-refractivity contribution in [2.24, 2.45) is 5.92 Å². The molecule has 96 valence electrons. The van der Waals surface area contributed by atoms with Gasteiger partial charge in [0.25, 0.3) is 0 Å². The van der Waals surface area contributed by atoms with Crippen molar-refractivity contribution >= 4 is 22.5 Å². The van der Waals surface area contributed by atoms with Gasteiger partial charge in [-0.3, -0.25) is 4.21 Å². The van der Waals surface area contributed by atoms with E-state index in [1.807, 2.05) is 0 Å². The van der Waals surface area contributed by atoms with Gasteiger partial charge in [0.2, 0.25) is 5.75 Å². The third-order valence-corrected chi connectivity index (χ3v) is 5.34. The van der Waals surface area contributed by atoms with Gasteiger partial charge in [-0.15, -0.1) is 0 Å². The van der Waals surface area contributed by atoms with Crippen LogP contribution in [0.15, 0.2) is 0 Å². The van der Waals surface area contributed by atoms with E-state index in [-0.39, 0.29) is 0 Å². The summed E-state index contributed by atoms with van der Waals surface area (Å²) in [5.41, 5.74) is 0. The Morgan fingerprint density at radius 3 is 2.44 bits per heavy atom. The Morgan fingerprint density at radius 2 is 1.88 bits per heavy atom. The van der Waals surface area contributed by atoms with Gasteiger partial charge in [0.1, 0.15) is 0 Å². The lowest BCUT2D eigenvalue weighted by atomic mass is 10.1. The maximum atomic E-state index is 11.8. The van der Waals surface area contributed by atoms with Crippen molar-refractivity contribution in [3.05, 3.63) is 0 Å². The van der Waals surface area contributed by atoms with Gasteiger partial charge < -0.3 is 0 Å². The van der Waals surface area contributed by atoms with Crippen molar-refractivity contribution in [1.29, 1.82) is 0 Å². The molecule has 0 saturated heterocycles. The summed E-state index contributed by atoms with van der Waals surface area (Å²) < 4.78 is 22.2. The fraction of sp³-hybridized carbons (Fsp3) is 1.00. The molecule has 0 aliphatic heterocycles. The number of unbranched alkanes of at least 4 members (excludes halogenated alkanes) is 1. The Hall–Kier alpha value is 0.170. The second-order valence-corrected chi connectivity index (χ2v) is 7.11. The molecule has 0 aromatic carbocycles. The molecule has 0 fully saturated rings. The first kappa shape index (κ1) is 16.2. The van der Waals surface area contributed by atoms with Crippen molar-refractivity contribution in [2.75, 3.05) is 11.5 Å². The molecule has 0 amide bonds. The maximum Gasteiger partial charge on any atom is 0.458 e. The zero-order valence-corrected chi connectivity index (χ0v) is 12.4. The Bertz CT molecular complexity index is 207. The van der Waals surface area contributed by atoms with E-state index in [0.29, 0.717) is 28.6 Å². The molecule has 0 saturated carbocycles. The largest absolute Gasteiger partial charge is 0.458 e. The summed E-state index contributed by atoms with van der Waals surface area (Å²) in [5, 5.41) is 0.337. The van der Waals surface area contributed by atoms with Crippen LogP contribution < -0.4 is 0 Å². The highest BCUT2D eigenvalue weighted by Crippen LogP contribution is 2.11. The summed E-state index contributed by atoms with van der Waals surface area (Å²) in [4.78, 5) is 0. The molecule has 0 bridgehead atoms. The topological polar surface area (TPSA) is 34.1 Å². The van der Waals surface area contributed by atoms with E-state index in [2.05, 4.69) is 20.8 Å². The van der Waals surface area contributed by atoms with Crippen LogP contribution in [0.25, 0.3) is 0 Å². The van der Waals surface area contributed by atoms with Crippen molar-refractivity contribution in [1.82, 2.24) is 0 Å². The molecule has 0 aliphatic rings. The Kier molecular flexibility index (Phi) is 10.4. The van der Waals surface area contributed by atoms with Crippen LogP contribution in [0.1, 0.15) is 52.9 Å². The minimum Gasteiger partial charge on any atom is -0.259 e. The summed E-state index contributed by atoms with van der Waals surface area (Å²) >= 11 is 0.660.